The molecule has 3 rings (SSSR count). The third-order valence-corrected chi connectivity index (χ3v) is 5.47. The largest absolute Gasteiger partial charge is 0.361 e. The van der Waals surface area contributed by atoms with E-state index in [-0.39, 0.29) is 24.0 Å². The molecule has 0 spiro atoms. The van der Waals surface area contributed by atoms with E-state index in [0.717, 1.165) is 31.9 Å². The number of halogens is 1. The Bertz CT molecular complexity index is 839. The van der Waals surface area contributed by atoms with Gasteiger partial charge in [-0.25, -0.2) is 0 Å². The van der Waals surface area contributed by atoms with Gasteiger partial charge in [0.25, 0.3) is 0 Å². The van der Waals surface area contributed by atoms with E-state index in [9.17, 15) is 0 Å². The first-order valence-corrected chi connectivity index (χ1v) is 9.56. The number of hydrogen-bond acceptors (Lipinski definition) is 2. The Morgan fingerprint density at radius 1 is 1.23 bits per heavy atom. The fourth-order valence-corrected chi connectivity index (χ4v) is 3.80. The number of guanidine groups is 1. The van der Waals surface area contributed by atoms with Crippen molar-refractivity contribution in [1.82, 2.24) is 15.2 Å². The van der Waals surface area contributed by atoms with Gasteiger partial charge >= 0.3 is 0 Å². The lowest BCUT2D eigenvalue weighted by molar-refractivity contribution is 0.487. The van der Waals surface area contributed by atoms with E-state index in [0.29, 0.717) is 0 Å². The highest BCUT2D eigenvalue weighted by molar-refractivity contribution is 14.0. The first kappa shape index (κ1) is 20.8. The average molecular weight is 482 g/mol. The number of fused-ring (bicyclic) bond motifs is 1. The van der Waals surface area contributed by atoms with Gasteiger partial charge in [0.15, 0.2) is 5.96 Å². The van der Waals surface area contributed by atoms with Crippen molar-refractivity contribution in [3.05, 3.63) is 57.9 Å². The number of aromatic amines is 1. The van der Waals surface area contributed by atoms with Gasteiger partial charge in [-0.3, -0.25) is 4.99 Å². The molecule has 0 fully saturated rings. The summed E-state index contributed by atoms with van der Waals surface area (Å²) in [6, 6.07) is 10.8. The number of thiophene rings is 1. The zero-order valence-electron chi connectivity index (χ0n) is 15.6. The third-order valence-electron chi connectivity index (χ3n) is 4.53. The maximum absolute atomic E-state index is 4.41. The van der Waals surface area contributed by atoms with Crippen LogP contribution in [0.3, 0.4) is 0 Å². The highest BCUT2D eigenvalue weighted by Gasteiger charge is 2.08. The molecular weight excluding hydrogens is 455 g/mol. The van der Waals surface area contributed by atoms with Gasteiger partial charge in [0, 0.05) is 49.2 Å². The van der Waals surface area contributed by atoms with Crippen LogP contribution in [0.5, 0.6) is 0 Å². The fourth-order valence-electron chi connectivity index (χ4n) is 3.10. The van der Waals surface area contributed by atoms with Crippen molar-refractivity contribution in [2.24, 2.45) is 4.99 Å². The molecule has 4 nitrogen and oxygen atoms in total. The van der Waals surface area contributed by atoms with Crippen LogP contribution in [0.1, 0.15) is 16.0 Å². The molecule has 0 radical (unpaired) electrons. The molecule has 140 valence electrons. The maximum atomic E-state index is 4.41. The number of aromatic nitrogens is 1. The Morgan fingerprint density at radius 3 is 2.81 bits per heavy atom. The number of nitrogens with zero attached hydrogens (tertiary/aromatic N) is 2. The zero-order valence-corrected chi connectivity index (χ0v) is 18.7. The summed E-state index contributed by atoms with van der Waals surface area (Å²) >= 11 is 1.81. The van der Waals surface area contributed by atoms with Crippen LogP contribution in [0.15, 0.2) is 46.9 Å². The quantitative estimate of drug-likeness (QED) is 0.310. The lowest BCUT2D eigenvalue weighted by Gasteiger charge is -2.21. The molecule has 0 unspecified atom stereocenters. The van der Waals surface area contributed by atoms with Gasteiger partial charge in [-0.2, -0.15) is 0 Å². The molecule has 0 aliphatic heterocycles. The molecule has 0 aliphatic carbocycles. The van der Waals surface area contributed by atoms with Gasteiger partial charge in [0.2, 0.25) is 0 Å². The van der Waals surface area contributed by atoms with E-state index in [4.69, 9.17) is 0 Å². The molecule has 3 aromatic rings. The Morgan fingerprint density at radius 2 is 2.08 bits per heavy atom. The van der Waals surface area contributed by atoms with Crippen molar-refractivity contribution in [3.63, 3.8) is 0 Å². The molecule has 0 bridgehead atoms. The SMILES string of the molecule is CN=C(NCCc1c[nH]c2c(C)cccc12)N(C)CCc1cccs1.I. The summed E-state index contributed by atoms with van der Waals surface area (Å²) < 4.78 is 0. The first-order chi connectivity index (χ1) is 12.2. The second kappa shape index (κ2) is 9.97. The van der Waals surface area contributed by atoms with Crippen LogP contribution in [-0.4, -0.2) is 43.0 Å². The monoisotopic (exact) mass is 482 g/mol. The molecule has 2 aromatic heterocycles. The van der Waals surface area contributed by atoms with Crippen molar-refractivity contribution < 1.29 is 0 Å². The highest BCUT2D eigenvalue weighted by atomic mass is 127. The van der Waals surface area contributed by atoms with Crippen LogP contribution >= 0.6 is 35.3 Å². The van der Waals surface area contributed by atoms with Gasteiger partial charge in [0.1, 0.15) is 0 Å². The normalized spacial score (nSPS) is 11.4. The van der Waals surface area contributed by atoms with Crippen LogP contribution in [0.2, 0.25) is 0 Å². The summed E-state index contributed by atoms with van der Waals surface area (Å²) in [5.74, 6) is 0.951. The van der Waals surface area contributed by atoms with E-state index in [1.807, 2.05) is 18.4 Å². The molecule has 0 saturated heterocycles. The standard InChI is InChI=1S/C20H26N4S.HI/c1-15-6-4-8-18-16(14-23-19(15)18)9-11-22-20(21-2)24(3)12-10-17-7-5-13-25-17;/h4-8,13-14,23H,9-12H2,1-3H3,(H,21,22);1H. The van der Waals surface area contributed by atoms with Gasteiger partial charge in [0.05, 0.1) is 0 Å². The van der Waals surface area contributed by atoms with Crippen molar-refractivity contribution in [1.29, 1.82) is 0 Å². The van der Waals surface area contributed by atoms with Gasteiger partial charge in [-0.1, -0.05) is 24.3 Å². The molecule has 0 atom stereocenters. The highest BCUT2D eigenvalue weighted by Crippen LogP contribution is 2.21. The predicted octanol–water partition coefficient (Wildman–Crippen LogP) is 4.45. The first-order valence-electron chi connectivity index (χ1n) is 8.69. The van der Waals surface area contributed by atoms with Gasteiger partial charge in [-0.15, -0.1) is 35.3 Å². The summed E-state index contributed by atoms with van der Waals surface area (Å²) in [6.07, 6.45) is 4.15. The predicted molar refractivity (Wildman–Crippen MR) is 124 cm³/mol. The Kier molecular flexibility index (Phi) is 7.96. The van der Waals surface area contributed by atoms with Crippen molar-refractivity contribution in [2.75, 3.05) is 27.2 Å². The molecule has 2 N–H and O–H groups in total. The summed E-state index contributed by atoms with van der Waals surface area (Å²) in [5.41, 5.74) is 3.89. The molecule has 2 heterocycles. The van der Waals surface area contributed by atoms with Crippen LogP contribution in [0.4, 0.5) is 0 Å². The lowest BCUT2D eigenvalue weighted by Crippen LogP contribution is -2.40. The lowest BCUT2D eigenvalue weighted by atomic mass is 10.1. The second-order valence-corrected chi connectivity index (χ2v) is 7.32. The molecule has 6 heteroatoms. The van der Waals surface area contributed by atoms with E-state index in [1.54, 1.807) is 0 Å². The molecule has 1 aromatic carbocycles. The van der Waals surface area contributed by atoms with Crippen LogP contribution in [-0.2, 0) is 12.8 Å². The number of likely N-dealkylation sites (N-methyl/N-ethyl adjacent to an activating group) is 1. The fraction of sp³-hybridized carbons (Fsp3) is 0.350. The minimum absolute atomic E-state index is 0. The zero-order chi connectivity index (χ0) is 17.6. The third kappa shape index (κ3) is 5.01. The second-order valence-electron chi connectivity index (χ2n) is 6.29. The van der Waals surface area contributed by atoms with Crippen molar-refractivity contribution in [3.8, 4) is 0 Å². The smallest absolute Gasteiger partial charge is 0.193 e. The average Bonchev–Trinajstić information content (AvgIpc) is 3.27. The van der Waals surface area contributed by atoms with Crippen LogP contribution < -0.4 is 5.32 Å². The number of H-pyrrole nitrogens is 1. The van der Waals surface area contributed by atoms with Crippen LogP contribution in [0.25, 0.3) is 10.9 Å². The Labute approximate surface area is 176 Å². The van der Waals surface area contributed by atoms with Gasteiger partial charge < -0.3 is 15.2 Å². The number of rotatable bonds is 6. The molecule has 0 saturated carbocycles. The van der Waals surface area contributed by atoms with Crippen molar-refractivity contribution in [2.45, 2.75) is 19.8 Å². The van der Waals surface area contributed by atoms with Crippen molar-refractivity contribution >= 4 is 52.2 Å². The molecule has 26 heavy (non-hydrogen) atoms. The summed E-state index contributed by atoms with van der Waals surface area (Å²) in [6.45, 7) is 3.98. The Hall–Kier alpha value is -1.54. The minimum Gasteiger partial charge on any atom is -0.361 e. The number of aliphatic imine (C=N–C) groups is 1. The number of benzene rings is 1. The topological polar surface area (TPSA) is 43.4 Å². The van der Waals surface area contributed by atoms with E-state index < -0.39 is 0 Å². The van der Waals surface area contributed by atoms with E-state index in [2.05, 4.69) is 76.1 Å². The number of aryl methyl sites for hydroxylation is 1. The van der Waals surface area contributed by atoms with Gasteiger partial charge in [-0.05, 0) is 42.3 Å². The van der Waals surface area contributed by atoms with E-state index in [1.165, 1.54) is 26.9 Å². The van der Waals surface area contributed by atoms with E-state index >= 15 is 0 Å². The number of para-hydroxylation sites is 1. The Balaban J connectivity index is 0.00000243. The number of nitrogens with one attached hydrogen (secondary N) is 2. The van der Waals surface area contributed by atoms with Crippen LogP contribution in [0, 0.1) is 6.92 Å². The molecule has 0 amide bonds. The summed E-state index contributed by atoms with van der Waals surface area (Å²) in [7, 11) is 3.94. The summed E-state index contributed by atoms with van der Waals surface area (Å²) in [5, 5.41) is 6.93. The molecule has 0 aliphatic rings. The molecular formula is C20H27IN4S. The maximum Gasteiger partial charge on any atom is 0.193 e. The number of hydrogen-bond donors (Lipinski definition) is 2. The summed E-state index contributed by atoms with van der Waals surface area (Å²) in [4.78, 5) is 11.4. The minimum atomic E-state index is 0.